The maximum Gasteiger partial charge on any atom is 0.323 e. The van der Waals surface area contributed by atoms with Gasteiger partial charge in [0, 0.05) is 42.4 Å². The maximum absolute atomic E-state index is 12.8. The van der Waals surface area contributed by atoms with Gasteiger partial charge in [-0.15, -0.1) is 0 Å². The summed E-state index contributed by atoms with van der Waals surface area (Å²) < 4.78 is 7.55. The Kier molecular flexibility index (Phi) is 8.15. The summed E-state index contributed by atoms with van der Waals surface area (Å²) in [5.74, 6) is 0.531. The lowest BCUT2D eigenvalue weighted by Gasteiger charge is -2.13. The minimum Gasteiger partial charge on any atom is -0.457 e. The van der Waals surface area contributed by atoms with Gasteiger partial charge in [0.2, 0.25) is 0 Å². The number of carbonyl (C=O) groups is 3. The number of ketones is 1. The van der Waals surface area contributed by atoms with Gasteiger partial charge in [-0.2, -0.15) is 0 Å². The van der Waals surface area contributed by atoms with Crippen LogP contribution < -0.4 is 20.7 Å². The van der Waals surface area contributed by atoms with E-state index in [2.05, 4.69) is 25.9 Å². The molecule has 0 spiro atoms. The van der Waals surface area contributed by atoms with Crippen LogP contribution in [0.5, 0.6) is 11.5 Å². The summed E-state index contributed by atoms with van der Waals surface area (Å²) in [4.78, 5) is 45.5. The minimum absolute atomic E-state index is 0.133. The van der Waals surface area contributed by atoms with Gasteiger partial charge in [0.1, 0.15) is 17.2 Å². The molecule has 0 bridgehead atoms. The predicted octanol–water partition coefficient (Wildman–Crippen LogP) is 5.52. The van der Waals surface area contributed by atoms with Crippen LogP contribution in [-0.2, 0) is 0 Å². The van der Waals surface area contributed by atoms with Crippen LogP contribution in [0.25, 0.3) is 5.69 Å². The normalized spacial score (nSPS) is 10.4. The molecular formula is C29H28N6O4. The smallest absolute Gasteiger partial charge is 0.323 e. The molecule has 39 heavy (non-hydrogen) atoms. The zero-order chi connectivity index (χ0) is 27.9. The molecular weight excluding hydrogens is 496 g/mol. The van der Waals surface area contributed by atoms with Gasteiger partial charge in [0.05, 0.1) is 17.7 Å². The fourth-order valence-corrected chi connectivity index (χ4v) is 3.69. The van der Waals surface area contributed by atoms with E-state index in [-0.39, 0.29) is 17.4 Å². The van der Waals surface area contributed by atoms with Gasteiger partial charge in [-0.05, 0) is 75.4 Å². The summed E-state index contributed by atoms with van der Waals surface area (Å²) >= 11 is 0. The molecule has 4 rings (SSSR count). The first-order chi connectivity index (χ1) is 18.7. The number of hydrogen-bond acceptors (Lipinski definition) is 6. The predicted molar refractivity (Wildman–Crippen MR) is 149 cm³/mol. The zero-order valence-corrected chi connectivity index (χ0v) is 22.0. The number of hydrogen-bond donors (Lipinski definition) is 3. The number of ether oxygens (including phenoxy) is 1. The first-order valence-corrected chi connectivity index (χ1v) is 12.1. The lowest BCUT2D eigenvalue weighted by molar-refractivity contribution is 0.0957. The van der Waals surface area contributed by atoms with E-state index >= 15 is 0 Å². The second-order valence-electron chi connectivity index (χ2n) is 8.90. The molecule has 4 aromatic rings. The number of anilines is 2. The summed E-state index contributed by atoms with van der Waals surface area (Å²) in [7, 11) is 1.53. The van der Waals surface area contributed by atoms with Gasteiger partial charge >= 0.3 is 6.03 Å². The molecule has 3 N–H and O–H groups in total. The Labute approximate surface area is 225 Å². The first-order valence-electron chi connectivity index (χ1n) is 12.1. The Morgan fingerprint density at radius 3 is 2.28 bits per heavy atom. The monoisotopic (exact) mass is 524 g/mol. The highest BCUT2D eigenvalue weighted by Crippen LogP contribution is 2.25. The third kappa shape index (κ3) is 6.95. The summed E-state index contributed by atoms with van der Waals surface area (Å²) in [5.41, 5.74) is 4.08. The van der Waals surface area contributed by atoms with E-state index in [0.717, 1.165) is 11.3 Å². The van der Waals surface area contributed by atoms with E-state index in [0.29, 0.717) is 34.1 Å². The quantitative estimate of drug-likeness (QED) is 0.206. The number of carbonyl (C=O) groups excluding carboxylic acids is 3. The lowest BCUT2D eigenvalue weighted by Crippen LogP contribution is -2.19. The van der Waals surface area contributed by atoms with E-state index < -0.39 is 6.03 Å². The van der Waals surface area contributed by atoms with Crippen molar-refractivity contribution in [1.82, 2.24) is 19.9 Å². The fraction of sp³-hybridized carbons (Fsp3) is 0.138. The lowest BCUT2D eigenvalue weighted by atomic mass is 10.1. The first kappa shape index (κ1) is 26.8. The Morgan fingerprint density at radius 1 is 0.897 bits per heavy atom. The highest BCUT2D eigenvalue weighted by atomic mass is 16.5. The molecule has 0 aliphatic heterocycles. The van der Waals surface area contributed by atoms with Gasteiger partial charge in [0.25, 0.3) is 5.91 Å². The Morgan fingerprint density at radius 2 is 1.62 bits per heavy atom. The van der Waals surface area contributed by atoms with Crippen LogP contribution in [0, 0.1) is 6.92 Å². The van der Waals surface area contributed by atoms with E-state index in [9.17, 15) is 14.4 Å². The number of rotatable bonds is 8. The number of nitrogens with one attached hydrogen (secondary N) is 3. The second-order valence-corrected chi connectivity index (χ2v) is 8.90. The number of aryl methyl sites for hydroxylation is 1. The van der Waals surface area contributed by atoms with E-state index in [1.54, 1.807) is 65.5 Å². The fourth-order valence-electron chi connectivity index (χ4n) is 3.69. The van der Waals surface area contributed by atoms with Crippen LogP contribution in [-0.4, -0.2) is 39.3 Å². The van der Waals surface area contributed by atoms with Crippen molar-refractivity contribution in [2.24, 2.45) is 0 Å². The Bertz CT molecular complexity index is 1550. The van der Waals surface area contributed by atoms with Gasteiger partial charge in [-0.25, -0.2) is 9.78 Å². The summed E-state index contributed by atoms with van der Waals surface area (Å²) in [6.45, 7) is 5.58. The van der Waals surface area contributed by atoms with Crippen molar-refractivity contribution in [3.63, 3.8) is 0 Å². The van der Waals surface area contributed by atoms with E-state index in [1.165, 1.54) is 19.3 Å². The van der Waals surface area contributed by atoms with Crippen LogP contribution in [0.4, 0.5) is 16.2 Å². The number of amides is 3. The molecule has 0 radical (unpaired) electrons. The molecule has 10 heteroatoms. The van der Waals surface area contributed by atoms with Crippen molar-refractivity contribution in [2.45, 2.75) is 20.8 Å². The molecule has 2 heterocycles. The molecule has 198 valence electrons. The summed E-state index contributed by atoms with van der Waals surface area (Å²) in [6, 6.07) is 14.6. The summed E-state index contributed by atoms with van der Waals surface area (Å²) in [5, 5.41) is 8.10. The molecule has 2 aromatic carbocycles. The van der Waals surface area contributed by atoms with Crippen molar-refractivity contribution in [3.05, 3.63) is 102 Å². The second kappa shape index (κ2) is 11.9. The van der Waals surface area contributed by atoms with Gasteiger partial charge in [0.15, 0.2) is 5.78 Å². The highest BCUT2D eigenvalue weighted by Gasteiger charge is 2.14. The molecule has 2 aromatic heterocycles. The Balaban J connectivity index is 1.45. The van der Waals surface area contributed by atoms with Gasteiger partial charge in [-0.3, -0.25) is 14.6 Å². The molecule has 3 amide bonds. The summed E-state index contributed by atoms with van der Waals surface area (Å²) in [6.07, 6.45) is 6.51. The molecule has 0 saturated heterocycles. The van der Waals surface area contributed by atoms with Crippen molar-refractivity contribution in [3.8, 4) is 17.2 Å². The average Bonchev–Trinajstić information content (AvgIpc) is 3.35. The van der Waals surface area contributed by atoms with Crippen LogP contribution in [0.1, 0.15) is 40.4 Å². The van der Waals surface area contributed by atoms with Crippen molar-refractivity contribution >= 4 is 29.1 Å². The molecule has 0 saturated carbocycles. The Hall–Kier alpha value is -5.25. The third-order valence-electron chi connectivity index (χ3n) is 5.47. The third-order valence-corrected chi connectivity index (χ3v) is 5.47. The molecule has 0 atom stereocenters. The number of aromatic nitrogens is 3. The number of imidazole rings is 1. The standard InChI is InChI=1S/C29H28N6O4/c1-18(2)13-27(36)24-10-7-21(14-26(24)35-16-19(3)32-17-35)34-29(38)33-20-5-8-22(9-6-20)39-23-11-12-31-25(15-23)28(37)30-4/h5-17H,1-4H3,(H,30,37)(H2,33,34,38). The molecule has 10 nitrogen and oxygen atoms in total. The van der Waals surface area contributed by atoms with Crippen LogP contribution in [0.2, 0.25) is 0 Å². The molecule has 0 unspecified atom stereocenters. The number of nitrogens with zero attached hydrogens (tertiary/aromatic N) is 3. The number of benzene rings is 2. The van der Waals surface area contributed by atoms with E-state index in [4.69, 9.17) is 4.74 Å². The highest BCUT2D eigenvalue weighted by molar-refractivity contribution is 6.08. The van der Waals surface area contributed by atoms with Gasteiger partial charge in [-0.1, -0.05) is 5.57 Å². The van der Waals surface area contributed by atoms with E-state index in [1.807, 2.05) is 27.0 Å². The van der Waals surface area contributed by atoms with Crippen molar-refractivity contribution < 1.29 is 19.1 Å². The largest absolute Gasteiger partial charge is 0.457 e. The minimum atomic E-state index is -0.454. The molecule has 0 fully saturated rings. The maximum atomic E-state index is 12.8. The number of urea groups is 1. The van der Waals surface area contributed by atoms with Crippen molar-refractivity contribution in [2.75, 3.05) is 17.7 Å². The van der Waals surface area contributed by atoms with Crippen LogP contribution >= 0.6 is 0 Å². The van der Waals surface area contributed by atoms with Crippen LogP contribution in [0.3, 0.4) is 0 Å². The van der Waals surface area contributed by atoms with Crippen LogP contribution in [0.15, 0.2) is 85.0 Å². The van der Waals surface area contributed by atoms with Crippen molar-refractivity contribution in [1.29, 1.82) is 0 Å². The van der Waals surface area contributed by atoms with Gasteiger partial charge < -0.3 is 25.3 Å². The number of pyridine rings is 1. The SMILES string of the molecule is CNC(=O)c1cc(Oc2ccc(NC(=O)Nc3ccc(C(=O)C=C(C)C)c(-n4cnc(C)c4)c3)cc2)ccn1. The molecule has 0 aliphatic carbocycles. The zero-order valence-electron chi connectivity index (χ0n) is 22.0. The average molecular weight is 525 g/mol. The number of allylic oxidation sites excluding steroid dienone is 2. The topological polar surface area (TPSA) is 127 Å². The molecule has 0 aliphatic rings.